The predicted molar refractivity (Wildman–Crippen MR) is 95.4 cm³/mol. The average molecular weight is 336 g/mol. The molecule has 1 nitrogen and oxygen atoms in total. The Labute approximate surface area is 145 Å². The summed E-state index contributed by atoms with van der Waals surface area (Å²) in [6.07, 6.45) is 12.4. The van der Waals surface area contributed by atoms with E-state index in [4.69, 9.17) is 4.74 Å². The van der Waals surface area contributed by atoms with E-state index in [1.807, 2.05) is 0 Å². The third-order valence-corrected chi connectivity index (χ3v) is 4.96. The summed E-state index contributed by atoms with van der Waals surface area (Å²) < 4.78 is 33.1. The van der Waals surface area contributed by atoms with E-state index in [0.29, 0.717) is 24.5 Å². The van der Waals surface area contributed by atoms with Gasteiger partial charge in [0.15, 0.2) is 11.6 Å². The molecule has 0 fully saturated rings. The van der Waals surface area contributed by atoms with Crippen LogP contribution in [0.2, 0.25) is 0 Å². The van der Waals surface area contributed by atoms with Crippen molar-refractivity contribution in [3.63, 3.8) is 0 Å². The largest absolute Gasteiger partial charge is 0.491 e. The first-order valence-corrected chi connectivity index (χ1v) is 9.43. The topological polar surface area (TPSA) is 9.23 Å². The monoisotopic (exact) mass is 336 g/mol. The van der Waals surface area contributed by atoms with Crippen molar-refractivity contribution in [2.24, 2.45) is 5.92 Å². The number of unbranched alkanes of at least 4 members (excludes halogenated alkanes) is 2. The van der Waals surface area contributed by atoms with Crippen molar-refractivity contribution in [3.8, 4) is 5.75 Å². The summed E-state index contributed by atoms with van der Waals surface area (Å²) in [5, 5.41) is 0. The Balaban J connectivity index is 1.83. The van der Waals surface area contributed by atoms with Crippen LogP contribution in [0.3, 0.4) is 0 Å². The first-order chi connectivity index (χ1) is 11.7. The lowest BCUT2D eigenvalue weighted by Crippen LogP contribution is -2.08. The lowest BCUT2D eigenvalue weighted by molar-refractivity contribution is 0.313. The van der Waals surface area contributed by atoms with Gasteiger partial charge in [-0.1, -0.05) is 37.5 Å². The molecule has 134 valence electrons. The Morgan fingerprint density at radius 2 is 1.92 bits per heavy atom. The molecule has 1 aromatic carbocycles. The van der Waals surface area contributed by atoms with Crippen LogP contribution in [0, 0.1) is 17.6 Å². The third-order valence-electron chi connectivity index (χ3n) is 4.96. The van der Waals surface area contributed by atoms with Crippen molar-refractivity contribution < 1.29 is 13.5 Å². The van der Waals surface area contributed by atoms with Gasteiger partial charge in [-0.25, -0.2) is 4.39 Å². The highest BCUT2D eigenvalue weighted by Crippen LogP contribution is 2.31. The van der Waals surface area contributed by atoms with Crippen LogP contribution in [0.15, 0.2) is 23.8 Å². The van der Waals surface area contributed by atoms with Gasteiger partial charge in [-0.2, -0.15) is 4.39 Å². The minimum atomic E-state index is -0.851. The van der Waals surface area contributed by atoms with Gasteiger partial charge in [0.05, 0.1) is 6.61 Å². The molecule has 1 aromatic rings. The molecule has 1 unspecified atom stereocenters. The zero-order chi connectivity index (χ0) is 17.4. The molecule has 24 heavy (non-hydrogen) atoms. The molecule has 0 N–H and O–H groups in total. The summed E-state index contributed by atoms with van der Waals surface area (Å²) in [6.45, 7) is 4.33. The molecule has 0 saturated heterocycles. The molecule has 0 amide bonds. The normalized spacial score (nSPS) is 17.7. The maximum atomic E-state index is 14.1. The molecule has 1 aliphatic rings. The zero-order valence-electron chi connectivity index (χ0n) is 15.0. The first kappa shape index (κ1) is 19.0. The van der Waals surface area contributed by atoms with Crippen molar-refractivity contribution in [2.45, 2.75) is 71.6 Å². The molecule has 0 aliphatic heterocycles. The molecule has 0 spiro atoms. The van der Waals surface area contributed by atoms with Gasteiger partial charge in [0.2, 0.25) is 5.82 Å². The average Bonchev–Trinajstić information content (AvgIpc) is 2.60. The Hall–Kier alpha value is -1.38. The summed E-state index contributed by atoms with van der Waals surface area (Å²) in [5.74, 6) is -0.992. The molecule has 2 rings (SSSR count). The summed E-state index contributed by atoms with van der Waals surface area (Å²) in [4.78, 5) is 0. The fourth-order valence-corrected chi connectivity index (χ4v) is 3.43. The number of hydrogen-bond donors (Lipinski definition) is 0. The van der Waals surface area contributed by atoms with E-state index < -0.39 is 11.6 Å². The van der Waals surface area contributed by atoms with E-state index >= 15 is 0 Å². The number of hydrogen-bond acceptors (Lipinski definition) is 1. The Kier molecular flexibility index (Phi) is 7.74. The fraction of sp³-hybridized carbons (Fsp3) is 0.619. The molecular weight excluding hydrogens is 306 g/mol. The summed E-state index contributed by atoms with van der Waals surface area (Å²) >= 11 is 0. The van der Waals surface area contributed by atoms with Gasteiger partial charge in [0.25, 0.3) is 0 Å². The quantitative estimate of drug-likeness (QED) is 0.364. The second-order valence-corrected chi connectivity index (χ2v) is 6.78. The van der Waals surface area contributed by atoms with Crippen LogP contribution in [0.1, 0.15) is 70.8 Å². The molecule has 3 heteroatoms. The smallest absolute Gasteiger partial charge is 0.200 e. The highest BCUT2D eigenvalue weighted by Gasteiger charge is 2.18. The van der Waals surface area contributed by atoms with Crippen LogP contribution in [-0.2, 0) is 6.42 Å². The summed E-state index contributed by atoms with van der Waals surface area (Å²) in [7, 11) is 0. The van der Waals surface area contributed by atoms with Crippen molar-refractivity contribution in [1.82, 2.24) is 0 Å². The van der Waals surface area contributed by atoms with Crippen LogP contribution in [0.4, 0.5) is 8.78 Å². The predicted octanol–water partition coefficient (Wildman–Crippen LogP) is 6.60. The van der Waals surface area contributed by atoms with Crippen LogP contribution in [0.5, 0.6) is 5.75 Å². The lowest BCUT2D eigenvalue weighted by Gasteiger charge is -2.22. The van der Waals surface area contributed by atoms with Crippen LogP contribution >= 0.6 is 0 Å². The van der Waals surface area contributed by atoms with Gasteiger partial charge in [0, 0.05) is 0 Å². The molecule has 0 heterocycles. The molecule has 1 atom stereocenters. The van der Waals surface area contributed by atoms with Gasteiger partial charge < -0.3 is 4.74 Å². The number of halogens is 2. The highest BCUT2D eigenvalue weighted by atomic mass is 19.2. The Bertz CT molecular complexity index is 551. The van der Waals surface area contributed by atoms with Crippen molar-refractivity contribution >= 4 is 0 Å². The summed E-state index contributed by atoms with van der Waals surface area (Å²) in [6, 6.07) is 3.21. The van der Waals surface area contributed by atoms with Crippen LogP contribution < -0.4 is 4.74 Å². The lowest BCUT2D eigenvalue weighted by atomic mass is 9.84. The van der Waals surface area contributed by atoms with E-state index in [1.54, 1.807) is 24.6 Å². The van der Waals surface area contributed by atoms with E-state index in [-0.39, 0.29) is 5.75 Å². The van der Waals surface area contributed by atoms with Crippen molar-refractivity contribution in [1.29, 1.82) is 0 Å². The van der Waals surface area contributed by atoms with Gasteiger partial charge in [-0.15, -0.1) is 0 Å². The first-order valence-electron chi connectivity index (χ1n) is 9.43. The van der Waals surface area contributed by atoms with E-state index in [2.05, 4.69) is 13.0 Å². The molecule has 0 bridgehead atoms. The number of ether oxygens (including phenoxy) is 1. The maximum Gasteiger partial charge on any atom is 0.200 e. The van der Waals surface area contributed by atoms with Gasteiger partial charge >= 0.3 is 0 Å². The number of allylic oxidation sites excluding steroid dienone is 2. The zero-order valence-corrected chi connectivity index (χ0v) is 15.0. The van der Waals surface area contributed by atoms with Crippen molar-refractivity contribution in [2.75, 3.05) is 6.61 Å². The maximum absolute atomic E-state index is 14.1. The Morgan fingerprint density at radius 3 is 2.58 bits per heavy atom. The minimum Gasteiger partial charge on any atom is -0.491 e. The third kappa shape index (κ3) is 5.32. The number of benzene rings is 1. The van der Waals surface area contributed by atoms with E-state index in [0.717, 1.165) is 12.8 Å². The molecular formula is C21H30F2O. The SMILES string of the molecule is CCCCCC1=CCC(CCc2ccc(OCC)c(F)c2F)CC1. The van der Waals surface area contributed by atoms with E-state index in [9.17, 15) is 8.78 Å². The van der Waals surface area contributed by atoms with Gasteiger partial charge in [0.1, 0.15) is 0 Å². The highest BCUT2D eigenvalue weighted by molar-refractivity contribution is 5.31. The van der Waals surface area contributed by atoms with Gasteiger partial charge in [-0.05, 0) is 69.4 Å². The second kappa shape index (κ2) is 9.80. The minimum absolute atomic E-state index is 0.0103. The fourth-order valence-electron chi connectivity index (χ4n) is 3.43. The van der Waals surface area contributed by atoms with Crippen LogP contribution in [0.25, 0.3) is 0 Å². The number of aryl methyl sites for hydroxylation is 1. The summed E-state index contributed by atoms with van der Waals surface area (Å²) in [5.41, 5.74) is 2.06. The van der Waals surface area contributed by atoms with E-state index in [1.165, 1.54) is 38.5 Å². The Morgan fingerprint density at radius 1 is 1.08 bits per heavy atom. The van der Waals surface area contributed by atoms with Crippen molar-refractivity contribution in [3.05, 3.63) is 41.0 Å². The molecule has 0 radical (unpaired) electrons. The van der Waals surface area contributed by atoms with Crippen LogP contribution in [-0.4, -0.2) is 6.61 Å². The van der Waals surface area contributed by atoms with Gasteiger partial charge in [-0.3, -0.25) is 0 Å². The molecule has 0 aromatic heterocycles. The molecule has 0 saturated carbocycles. The molecule has 1 aliphatic carbocycles. The second-order valence-electron chi connectivity index (χ2n) is 6.78. The standard InChI is InChI=1S/C21H30F2O/c1-3-5-6-7-16-8-10-17(11-9-16)12-13-18-14-15-19(24-4-2)21(23)20(18)22/h8,14-15,17H,3-7,9-13H2,1-2H3. The number of rotatable bonds is 9.